The molecule has 0 aromatic carbocycles. The van der Waals surface area contributed by atoms with Crippen LogP contribution in [0.2, 0.25) is 0 Å². The van der Waals surface area contributed by atoms with Crippen LogP contribution in [0.25, 0.3) is 0 Å². The van der Waals surface area contributed by atoms with Crippen molar-refractivity contribution in [2.75, 3.05) is 0 Å². The molecule has 0 saturated heterocycles. The van der Waals surface area contributed by atoms with Crippen molar-refractivity contribution in [3.63, 3.8) is 0 Å². The lowest BCUT2D eigenvalue weighted by molar-refractivity contribution is -0.125. The summed E-state index contributed by atoms with van der Waals surface area (Å²) in [4.78, 5) is 2.20. The second-order valence-electron chi connectivity index (χ2n) is 9.48. The van der Waals surface area contributed by atoms with Crippen molar-refractivity contribution in [2.45, 2.75) is 97.2 Å². The second-order valence-corrected chi connectivity index (χ2v) is 9.94. The van der Waals surface area contributed by atoms with Crippen LogP contribution in [-0.2, 0) is 0 Å². The Labute approximate surface area is 157 Å². The fraction of sp³-hybridized carbons (Fsp3) is 0.905. The molecule has 5 atom stereocenters. The Morgan fingerprint density at radius 1 is 1.29 bits per heavy atom. The first-order valence-electron chi connectivity index (χ1n) is 9.77. The zero-order valence-electron chi connectivity index (χ0n) is 16.2. The summed E-state index contributed by atoms with van der Waals surface area (Å²) in [5, 5.41) is 20.6. The van der Waals surface area contributed by atoms with Gasteiger partial charge in [0, 0.05) is 0 Å². The van der Waals surface area contributed by atoms with Crippen molar-refractivity contribution < 1.29 is 10.2 Å². The van der Waals surface area contributed by atoms with Crippen molar-refractivity contribution in [3.05, 3.63) is 10.6 Å². The van der Waals surface area contributed by atoms with E-state index in [0.29, 0.717) is 17.8 Å². The van der Waals surface area contributed by atoms with E-state index in [9.17, 15) is 10.2 Å². The van der Waals surface area contributed by atoms with Crippen molar-refractivity contribution in [1.82, 2.24) is 0 Å². The molecule has 2 rings (SSSR count). The number of allylic oxidation sites excluding steroid dienone is 1. The van der Waals surface area contributed by atoms with E-state index in [1.54, 1.807) is 26.3 Å². The van der Waals surface area contributed by atoms with E-state index in [4.69, 9.17) is 0 Å². The van der Waals surface area contributed by atoms with Gasteiger partial charge in [0.1, 0.15) is 0 Å². The molecule has 0 bridgehead atoms. The molecule has 2 saturated carbocycles. The van der Waals surface area contributed by atoms with Crippen LogP contribution in [0.5, 0.6) is 0 Å². The van der Waals surface area contributed by atoms with Gasteiger partial charge in [-0.2, -0.15) is 0 Å². The Balaban J connectivity index is 1.95. The van der Waals surface area contributed by atoms with Crippen LogP contribution < -0.4 is 0 Å². The van der Waals surface area contributed by atoms with Crippen molar-refractivity contribution in [3.8, 4) is 0 Å². The molecule has 0 aliphatic heterocycles. The molecular weight excluding hydrogens is 364 g/mol. The van der Waals surface area contributed by atoms with E-state index < -0.39 is 11.2 Å². The highest BCUT2D eigenvalue weighted by Gasteiger charge is 2.50. The lowest BCUT2D eigenvalue weighted by Gasteiger charge is -2.44. The molecular formula is C21H37BrO2. The monoisotopic (exact) mass is 400 g/mol. The summed E-state index contributed by atoms with van der Waals surface area (Å²) in [7, 11) is 0. The molecule has 3 heteroatoms. The highest BCUT2D eigenvalue weighted by Crippen LogP contribution is 2.60. The first-order chi connectivity index (χ1) is 11.0. The molecule has 24 heavy (non-hydrogen) atoms. The second kappa shape index (κ2) is 7.40. The van der Waals surface area contributed by atoms with Crippen molar-refractivity contribution in [2.24, 2.45) is 23.2 Å². The Morgan fingerprint density at radius 2 is 1.96 bits per heavy atom. The van der Waals surface area contributed by atoms with Crippen LogP contribution in [0.15, 0.2) is 10.6 Å². The van der Waals surface area contributed by atoms with Crippen molar-refractivity contribution >= 4 is 15.9 Å². The molecule has 0 heterocycles. The average molecular weight is 401 g/mol. The summed E-state index contributed by atoms with van der Waals surface area (Å²) in [5.41, 5.74) is 0.0321. The number of rotatable bonds is 6. The molecule has 2 nitrogen and oxygen atoms in total. The van der Waals surface area contributed by atoms with Gasteiger partial charge in [-0.05, 0) is 87.5 Å². The summed E-state index contributed by atoms with van der Waals surface area (Å²) in [6.45, 7) is 10.1. The average Bonchev–Trinajstić information content (AvgIpc) is 2.82. The number of hydrogen-bond acceptors (Lipinski definition) is 2. The van der Waals surface area contributed by atoms with E-state index in [1.165, 1.54) is 32.1 Å². The fourth-order valence-electron chi connectivity index (χ4n) is 5.42. The van der Waals surface area contributed by atoms with Gasteiger partial charge in [0.2, 0.25) is 0 Å². The Hall–Kier alpha value is 0.140. The number of fused-ring (bicyclic) bond motifs is 1. The number of hydrogen-bond donors (Lipinski definition) is 2. The van der Waals surface area contributed by atoms with Crippen LogP contribution in [-0.4, -0.2) is 21.4 Å². The zero-order valence-corrected chi connectivity index (χ0v) is 17.8. The number of aliphatic hydroxyl groups is 2. The fourth-order valence-corrected chi connectivity index (χ4v) is 5.97. The molecule has 2 aliphatic carbocycles. The highest BCUT2D eigenvalue weighted by molar-refractivity contribution is 9.11. The van der Waals surface area contributed by atoms with Crippen LogP contribution in [0.4, 0.5) is 0 Å². The lowest BCUT2D eigenvalue weighted by atomic mass is 9.61. The third-order valence-corrected chi connectivity index (χ3v) is 8.09. The molecule has 0 spiro atoms. The molecule has 2 fully saturated rings. The maximum absolute atomic E-state index is 10.5. The van der Waals surface area contributed by atoms with Gasteiger partial charge in [-0.25, -0.2) is 0 Å². The number of halogens is 1. The Kier molecular flexibility index (Phi) is 6.31. The molecule has 2 aliphatic rings. The molecule has 0 amide bonds. The third kappa shape index (κ3) is 3.94. The SMILES string of the molecule is C[C@H](CCC[C@@](C)(O)C(C)(C)O)[C@H]1CCC2C(=CBr)CCC[C@@]21C. The van der Waals surface area contributed by atoms with Crippen LogP contribution in [0.3, 0.4) is 0 Å². The van der Waals surface area contributed by atoms with Gasteiger partial charge in [0.15, 0.2) is 0 Å². The van der Waals surface area contributed by atoms with E-state index in [2.05, 4.69) is 34.8 Å². The standard InChI is InChI=1S/C21H37BrO2/c1-15(8-6-13-21(5,24)19(2,3)23)17-10-11-18-16(14-22)9-7-12-20(17,18)4/h14-15,17-18,23-24H,6-13H2,1-5H3/t15-,17-,18?,20-,21-/m1/s1. The minimum atomic E-state index is -1.04. The van der Waals surface area contributed by atoms with Crippen LogP contribution in [0, 0.1) is 23.2 Å². The van der Waals surface area contributed by atoms with Gasteiger partial charge in [-0.15, -0.1) is 0 Å². The normalized spacial score (nSPS) is 36.4. The molecule has 140 valence electrons. The topological polar surface area (TPSA) is 40.5 Å². The summed E-state index contributed by atoms with van der Waals surface area (Å²) in [6, 6.07) is 0. The van der Waals surface area contributed by atoms with E-state index >= 15 is 0 Å². The van der Waals surface area contributed by atoms with Crippen molar-refractivity contribution in [1.29, 1.82) is 0 Å². The third-order valence-electron chi connectivity index (χ3n) is 7.51. The Bertz CT molecular complexity index is 463. The van der Waals surface area contributed by atoms with Gasteiger partial charge in [0.25, 0.3) is 0 Å². The molecule has 1 unspecified atom stereocenters. The smallest absolute Gasteiger partial charge is 0.0900 e. The van der Waals surface area contributed by atoms with Gasteiger partial charge in [-0.1, -0.05) is 48.2 Å². The molecule has 0 aromatic heterocycles. The van der Waals surface area contributed by atoms with Gasteiger partial charge < -0.3 is 10.2 Å². The maximum Gasteiger partial charge on any atom is 0.0900 e. The van der Waals surface area contributed by atoms with E-state index in [0.717, 1.165) is 24.7 Å². The lowest BCUT2D eigenvalue weighted by Crippen LogP contribution is -2.47. The van der Waals surface area contributed by atoms with E-state index in [-0.39, 0.29) is 0 Å². The summed E-state index contributed by atoms with van der Waals surface area (Å²) >= 11 is 3.60. The predicted octanol–water partition coefficient (Wildman–Crippen LogP) is 5.81. The molecule has 0 aromatic rings. The first kappa shape index (κ1) is 20.5. The largest absolute Gasteiger partial charge is 0.387 e. The van der Waals surface area contributed by atoms with Crippen LogP contribution >= 0.6 is 15.9 Å². The molecule has 0 radical (unpaired) electrons. The predicted molar refractivity (Wildman–Crippen MR) is 105 cm³/mol. The molecule has 2 N–H and O–H groups in total. The highest BCUT2D eigenvalue weighted by atomic mass is 79.9. The van der Waals surface area contributed by atoms with Gasteiger partial charge >= 0.3 is 0 Å². The summed E-state index contributed by atoms with van der Waals surface area (Å²) < 4.78 is 0. The van der Waals surface area contributed by atoms with E-state index in [1.807, 2.05) is 0 Å². The minimum Gasteiger partial charge on any atom is -0.387 e. The first-order valence-corrected chi connectivity index (χ1v) is 10.7. The minimum absolute atomic E-state index is 0.454. The van der Waals surface area contributed by atoms with Gasteiger partial charge in [0.05, 0.1) is 11.2 Å². The quantitative estimate of drug-likeness (QED) is 0.590. The summed E-state index contributed by atoms with van der Waals surface area (Å²) in [6.07, 6.45) is 9.42. The zero-order chi connectivity index (χ0) is 18.2. The van der Waals surface area contributed by atoms with Gasteiger partial charge in [-0.3, -0.25) is 0 Å². The summed E-state index contributed by atoms with van der Waals surface area (Å²) in [5.74, 6) is 2.24. The maximum atomic E-state index is 10.5. The Morgan fingerprint density at radius 3 is 2.54 bits per heavy atom. The van der Waals surface area contributed by atoms with Crippen LogP contribution in [0.1, 0.15) is 86.0 Å².